The standard InChI is InChI=1S/C55H92N12O10/c1-38(70)50(52(76)62-42(36-68)20-18-32-60-54(56)57)66-64-46(34-40-24-28-44(72)29-25-40)48(74)22-16-14-12-10-8-6-4-3-5-7-9-11-13-15-17-23-49(75)47(35-41-26-30-45(73)31-27-41)65-67-51(39(2)71)53(77)63-43(37-69)21-19-33-61-55(58)59/h24-31,36-39,42-43,46-47,50-51,64-67,70-73H,3-23,32-35H2,1-2H3,(H,62,76)(H,63,77)(H4,56,57,60)(H4,58,59,61)/t38-,39-,42+,43+,46-,47-,50-,51-/m0/s1. The molecule has 2 amide bonds. The van der Waals surface area contributed by atoms with E-state index < -0.39 is 60.3 Å². The zero-order chi connectivity index (χ0) is 56.8. The fourth-order valence-electron chi connectivity index (χ4n) is 8.65. The summed E-state index contributed by atoms with van der Waals surface area (Å²) in [6.07, 6.45) is 17.2. The van der Waals surface area contributed by atoms with Crippen molar-refractivity contribution in [3.8, 4) is 11.5 Å². The molecule has 77 heavy (non-hydrogen) atoms. The lowest BCUT2D eigenvalue weighted by Crippen LogP contribution is -2.60. The van der Waals surface area contributed by atoms with Crippen LogP contribution in [0, 0.1) is 10.8 Å². The number of aromatic hydroxyl groups is 2. The number of hydrogen-bond acceptors (Lipinski definition) is 16. The first kappa shape index (κ1) is 67.1. The number of aliphatic hydroxyl groups excluding tert-OH is 2. The van der Waals surface area contributed by atoms with Gasteiger partial charge in [0.25, 0.3) is 0 Å². The quantitative estimate of drug-likeness (QED) is 0.0149. The second kappa shape index (κ2) is 40.2. The van der Waals surface area contributed by atoms with E-state index in [1.54, 1.807) is 48.5 Å². The molecule has 2 aromatic carbocycles. The first-order chi connectivity index (χ1) is 36.9. The average Bonchev–Trinajstić information content (AvgIpc) is 3.38. The zero-order valence-corrected chi connectivity index (χ0v) is 45.5. The number of nitrogens with one attached hydrogen (secondary N) is 10. The topological polar surface area (TPSA) is 379 Å². The summed E-state index contributed by atoms with van der Waals surface area (Å²) in [5.41, 5.74) is 23.8. The Morgan fingerprint density at radius 1 is 0.494 bits per heavy atom. The molecule has 0 bridgehead atoms. The summed E-state index contributed by atoms with van der Waals surface area (Å²) in [4.78, 5) is 76.7. The summed E-state index contributed by atoms with van der Waals surface area (Å²) in [7, 11) is 0. The van der Waals surface area contributed by atoms with Crippen LogP contribution >= 0.6 is 0 Å². The van der Waals surface area contributed by atoms with Crippen molar-refractivity contribution in [1.29, 1.82) is 10.8 Å². The molecule has 0 unspecified atom stereocenters. The Bertz CT molecular complexity index is 1890. The number of guanidine groups is 2. The van der Waals surface area contributed by atoms with Crippen LogP contribution in [0.2, 0.25) is 0 Å². The van der Waals surface area contributed by atoms with Gasteiger partial charge in [-0.05, 0) is 101 Å². The number of phenolic OH excluding ortho intramolecular Hbond substituents is 2. The van der Waals surface area contributed by atoms with Crippen molar-refractivity contribution < 1.29 is 49.2 Å². The van der Waals surface area contributed by atoms with E-state index >= 15 is 0 Å². The molecule has 0 saturated carbocycles. The van der Waals surface area contributed by atoms with Gasteiger partial charge in [0, 0.05) is 25.9 Å². The monoisotopic (exact) mass is 1080 g/mol. The van der Waals surface area contributed by atoms with Crippen LogP contribution in [-0.4, -0.2) is 130 Å². The van der Waals surface area contributed by atoms with Gasteiger partial charge in [-0.2, -0.15) is 0 Å². The predicted molar refractivity (Wildman–Crippen MR) is 297 cm³/mol. The number of rotatable bonds is 46. The van der Waals surface area contributed by atoms with E-state index in [1.165, 1.54) is 33.1 Å². The predicted octanol–water partition coefficient (Wildman–Crippen LogP) is 2.97. The molecule has 2 aromatic rings. The summed E-state index contributed by atoms with van der Waals surface area (Å²) in [6.45, 7) is 3.58. The van der Waals surface area contributed by atoms with Gasteiger partial charge in [0.2, 0.25) is 11.8 Å². The van der Waals surface area contributed by atoms with Crippen LogP contribution in [0.3, 0.4) is 0 Å². The van der Waals surface area contributed by atoms with Gasteiger partial charge in [-0.15, -0.1) is 0 Å². The number of aliphatic hydroxyl groups is 2. The van der Waals surface area contributed by atoms with E-state index in [2.05, 4.69) is 43.0 Å². The normalized spacial score (nSPS) is 14.4. The number of hydrogen-bond donors (Lipinski definition) is 16. The number of amides is 2. The lowest BCUT2D eigenvalue weighted by molar-refractivity contribution is -0.129. The largest absolute Gasteiger partial charge is 0.508 e. The number of Topliss-reactive ketones (excluding diaryl/α,β-unsaturated/α-hetero) is 2. The minimum Gasteiger partial charge on any atom is -0.508 e. The van der Waals surface area contributed by atoms with Crippen molar-refractivity contribution in [3.05, 3.63) is 59.7 Å². The molecule has 0 aromatic heterocycles. The van der Waals surface area contributed by atoms with Crippen LogP contribution in [0.5, 0.6) is 11.5 Å². The average molecular weight is 1080 g/mol. The molecule has 0 saturated heterocycles. The first-order valence-electron chi connectivity index (χ1n) is 27.6. The fourth-order valence-corrected chi connectivity index (χ4v) is 8.65. The molecule has 432 valence electrons. The molecule has 0 fully saturated rings. The van der Waals surface area contributed by atoms with Crippen molar-refractivity contribution in [2.75, 3.05) is 13.1 Å². The van der Waals surface area contributed by atoms with Crippen LogP contribution in [0.4, 0.5) is 0 Å². The lowest BCUT2D eigenvalue weighted by Gasteiger charge is -2.26. The van der Waals surface area contributed by atoms with Gasteiger partial charge in [-0.1, -0.05) is 108 Å². The third-order valence-electron chi connectivity index (χ3n) is 13.2. The highest BCUT2D eigenvalue weighted by molar-refractivity contribution is 5.87. The Labute approximate surface area is 455 Å². The molecular formula is C55H92N12O10. The number of benzene rings is 2. The van der Waals surface area contributed by atoms with Gasteiger partial charge in [-0.25, -0.2) is 21.7 Å². The number of phenols is 2. The number of ketones is 2. The van der Waals surface area contributed by atoms with Crippen LogP contribution in [-0.2, 0) is 41.6 Å². The van der Waals surface area contributed by atoms with Gasteiger partial charge >= 0.3 is 0 Å². The van der Waals surface area contributed by atoms with Crippen LogP contribution in [0.1, 0.15) is 160 Å². The van der Waals surface area contributed by atoms with Crippen molar-refractivity contribution >= 4 is 47.9 Å². The molecule has 22 heteroatoms. The Kier molecular flexibility index (Phi) is 35.0. The molecule has 2 rings (SSSR count). The highest BCUT2D eigenvalue weighted by Gasteiger charge is 2.30. The van der Waals surface area contributed by atoms with E-state index in [4.69, 9.17) is 22.3 Å². The van der Waals surface area contributed by atoms with E-state index in [-0.39, 0.29) is 47.8 Å². The summed E-state index contributed by atoms with van der Waals surface area (Å²) in [6, 6.07) is 7.62. The maximum atomic E-state index is 13.5. The SMILES string of the molecule is C[C@H](O)[C@H](NN[C@@H](Cc1ccc(O)cc1)C(=O)CCCCCCCCCCCCCCCCCC(=O)[C@H](Cc1ccc(O)cc1)NN[C@H](C(=O)N[C@@H](C=O)CCCNC(=N)N)[C@H](C)O)C(=O)N[C@@H](C=O)CCCNC(=N)N. The fraction of sp³-hybridized carbons (Fsp3) is 0.636. The van der Waals surface area contributed by atoms with Gasteiger partial charge < -0.3 is 62.7 Å². The Morgan fingerprint density at radius 3 is 1.06 bits per heavy atom. The molecule has 8 atom stereocenters. The highest BCUT2D eigenvalue weighted by atomic mass is 16.3. The third kappa shape index (κ3) is 31.1. The maximum absolute atomic E-state index is 13.5. The van der Waals surface area contributed by atoms with Gasteiger partial charge in [-0.3, -0.25) is 30.0 Å². The molecule has 18 N–H and O–H groups in total. The zero-order valence-electron chi connectivity index (χ0n) is 45.5. The smallest absolute Gasteiger partial charge is 0.241 e. The number of unbranched alkanes of at least 4 members (excludes halogenated alkanes) is 14. The number of carbonyl (C=O) groups is 6. The Balaban J connectivity index is 1.68. The van der Waals surface area contributed by atoms with Crippen LogP contribution in [0.15, 0.2) is 48.5 Å². The summed E-state index contributed by atoms with van der Waals surface area (Å²) >= 11 is 0. The number of hydrazine groups is 2. The molecule has 22 nitrogen and oxygen atoms in total. The third-order valence-corrected chi connectivity index (χ3v) is 13.2. The molecule has 0 radical (unpaired) electrons. The second-order valence-corrected chi connectivity index (χ2v) is 20.1. The van der Waals surface area contributed by atoms with Crippen molar-refractivity contribution in [1.82, 2.24) is 43.0 Å². The maximum Gasteiger partial charge on any atom is 0.241 e. The highest BCUT2D eigenvalue weighted by Crippen LogP contribution is 2.18. The van der Waals surface area contributed by atoms with Gasteiger partial charge in [0.1, 0.15) is 36.2 Å². The molecular weight excluding hydrogens is 989 g/mol. The van der Waals surface area contributed by atoms with E-state index in [9.17, 15) is 49.2 Å². The van der Waals surface area contributed by atoms with Crippen molar-refractivity contribution in [2.45, 2.75) is 210 Å². The minimum atomic E-state index is -1.17. The van der Waals surface area contributed by atoms with Gasteiger partial charge in [0.15, 0.2) is 23.5 Å². The molecule has 0 aliphatic rings. The van der Waals surface area contributed by atoms with Crippen LogP contribution in [0.25, 0.3) is 0 Å². The summed E-state index contributed by atoms with van der Waals surface area (Å²) < 4.78 is 0. The van der Waals surface area contributed by atoms with Crippen molar-refractivity contribution in [3.63, 3.8) is 0 Å². The molecule has 0 spiro atoms. The Hall–Kier alpha value is -6.04. The molecule has 0 aliphatic heterocycles. The number of aldehydes is 2. The molecule has 0 heterocycles. The minimum absolute atomic E-state index is 0.0575. The second-order valence-electron chi connectivity index (χ2n) is 20.1. The lowest BCUT2D eigenvalue weighted by atomic mass is 9.98. The first-order valence-corrected chi connectivity index (χ1v) is 27.6. The van der Waals surface area contributed by atoms with E-state index in [0.717, 1.165) is 75.3 Å². The van der Waals surface area contributed by atoms with Gasteiger partial charge in [0.05, 0.1) is 36.4 Å². The molecule has 0 aliphatic carbocycles. The van der Waals surface area contributed by atoms with Crippen molar-refractivity contribution in [2.24, 2.45) is 11.5 Å². The van der Waals surface area contributed by atoms with E-state index in [1.807, 2.05) is 0 Å². The number of carbonyl (C=O) groups excluding carboxylic acids is 6. The van der Waals surface area contributed by atoms with Crippen LogP contribution < -0.4 is 54.4 Å². The Morgan fingerprint density at radius 2 is 0.792 bits per heavy atom. The summed E-state index contributed by atoms with van der Waals surface area (Å²) in [5, 5.41) is 65.5. The summed E-state index contributed by atoms with van der Waals surface area (Å²) in [5.74, 6) is -1.54. The number of nitrogens with two attached hydrogens (primary N) is 2. The van der Waals surface area contributed by atoms with E-state index in [0.29, 0.717) is 77.0 Å².